The molecule has 2 unspecified atom stereocenters. The molecule has 1 saturated carbocycles. The van der Waals surface area contributed by atoms with Gasteiger partial charge in [0, 0.05) is 17.3 Å². The summed E-state index contributed by atoms with van der Waals surface area (Å²) < 4.78 is 0. The van der Waals surface area contributed by atoms with Gasteiger partial charge >= 0.3 is 0 Å². The van der Waals surface area contributed by atoms with Gasteiger partial charge in [0.05, 0.1) is 6.42 Å². The van der Waals surface area contributed by atoms with Crippen LogP contribution in [0.25, 0.3) is 0 Å². The van der Waals surface area contributed by atoms with Gasteiger partial charge in [-0.05, 0) is 43.0 Å². The molecule has 2 atom stereocenters. The zero-order chi connectivity index (χ0) is 14.1. The zero-order valence-electron chi connectivity index (χ0n) is 11.3. The molecule has 2 aliphatic rings. The Bertz CT molecular complexity index is 556. The number of hydrogen-bond donors (Lipinski definition) is 3. The fraction of sp³-hybridized carbons (Fsp3) is 0.467. The average Bonchev–Trinajstić information content (AvgIpc) is 3.02. The molecule has 1 aromatic rings. The van der Waals surface area contributed by atoms with Gasteiger partial charge in [0.1, 0.15) is 0 Å². The molecule has 1 aromatic carbocycles. The van der Waals surface area contributed by atoms with E-state index in [-0.39, 0.29) is 17.9 Å². The van der Waals surface area contributed by atoms with Crippen LogP contribution in [0.4, 0.5) is 5.69 Å². The first-order valence-electron chi connectivity index (χ1n) is 7.11. The molecule has 1 aliphatic carbocycles. The number of carbonyl (C=O) groups is 2. The molecular formula is C15H19N3O2. The minimum Gasteiger partial charge on any atom is -0.349 e. The van der Waals surface area contributed by atoms with Crippen LogP contribution in [0.3, 0.4) is 0 Å². The third kappa shape index (κ3) is 2.41. The van der Waals surface area contributed by atoms with Crippen molar-refractivity contribution in [3.05, 3.63) is 29.3 Å². The number of nitrogens with one attached hydrogen (secondary N) is 2. The largest absolute Gasteiger partial charge is 0.349 e. The van der Waals surface area contributed by atoms with Crippen molar-refractivity contribution in [3.8, 4) is 0 Å². The predicted molar refractivity (Wildman–Crippen MR) is 76.4 cm³/mol. The summed E-state index contributed by atoms with van der Waals surface area (Å²) in [5.74, 6) is 0.281. The molecule has 0 saturated heterocycles. The monoisotopic (exact) mass is 273 g/mol. The Morgan fingerprint density at radius 3 is 3.05 bits per heavy atom. The van der Waals surface area contributed by atoms with Crippen molar-refractivity contribution in [2.75, 3.05) is 11.9 Å². The van der Waals surface area contributed by atoms with Crippen molar-refractivity contribution < 1.29 is 9.59 Å². The molecule has 106 valence electrons. The van der Waals surface area contributed by atoms with Crippen molar-refractivity contribution >= 4 is 17.5 Å². The summed E-state index contributed by atoms with van der Waals surface area (Å²) in [4.78, 5) is 23.6. The van der Waals surface area contributed by atoms with Crippen LogP contribution in [0.2, 0.25) is 0 Å². The smallest absolute Gasteiger partial charge is 0.251 e. The molecule has 3 rings (SSSR count). The van der Waals surface area contributed by atoms with Crippen LogP contribution in [-0.4, -0.2) is 24.4 Å². The number of nitrogens with two attached hydrogens (primary N) is 1. The zero-order valence-corrected chi connectivity index (χ0v) is 11.3. The van der Waals surface area contributed by atoms with Crippen LogP contribution in [0.1, 0.15) is 35.2 Å². The van der Waals surface area contributed by atoms with E-state index >= 15 is 0 Å². The van der Waals surface area contributed by atoms with Crippen molar-refractivity contribution in [2.45, 2.75) is 31.7 Å². The highest BCUT2D eigenvalue weighted by molar-refractivity contribution is 6.02. The second-order valence-corrected chi connectivity index (χ2v) is 5.60. The van der Waals surface area contributed by atoms with Crippen LogP contribution in [-0.2, 0) is 11.2 Å². The minimum atomic E-state index is -0.0840. The van der Waals surface area contributed by atoms with Gasteiger partial charge in [-0.2, -0.15) is 0 Å². The second-order valence-electron chi connectivity index (χ2n) is 5.60. The van der Waals surface area contributed by atoms with E-state index in [2.05, 4.69) is 10.6 Å². The average molecular weight is 273 g/mol. The number of rotatable bonds is 3. The number of amides is 2. The van der Waals surface area contributed by atoms with Gasteiger partial charge in [0.25, 0.3) is 5.91 Å². The van der Waals surface area contributed by atoms with E-state index in [0.29, 0.717) is 24.4 Å². The first-order valence-corrected chi connectivity index (χ1v) is 7.11. The number of fused-ring (bicyclic) bond motifs is 1. The van der Waals surface area contributed by atoms with Gasteiger partial charge in [0.15, 0.2) is 0 Å². The van der Waals surface area contributed by atoms with Crippen LogP contribution in [0.15, 0.2) is 18.2 Å². The molecule has 0 radical (unpaired) electrons. The summed E-state index contributed by atoms with van der Waals surface area (Å²) in [5, 5.41) is 5.83. The third-order valence-corrected chi connectivity index (χ3v) is 4.28. The highest BCUT2D eigenvalue weighted by atomic mass is 16.2. The maximum atomic E-state index is 12.3. The van der Waals surface area contributed by atoms with E-state index in [1.54, 1.807) is 12.1 Å². The fourth-order valence-corrected chi connectivity index (χ4v) is 3.12. The van der Waals surface area contributed by atoms with Crippen LogP contribution >= 0.6 is 0 Å². The Hall–Kier alpha value is -1.88. The van der Waals surface area contributed by atoms with Gasteiger partial charge < -0.3 is 16.4 Å². The van der Waals surface area contributed by atoms with Crippen molar-refractivity contribution in [1.82, 2.24) is 5.32 Å². The summed E-state index contributed by atoms with van der Waals surface area (Å²) >= 11 is 0. The van der Waals surface area contributed by atoms with E-state index < -0.39 is 0 Å². The molecule has 5 heteroatoms. The summed E-state index contributed by atoms with van der Waals surface area (Å²) in [5.41, 5.74) is 8.03. The number of benzene rings is 1. The molecule has 1 aliphatic heterocycles. The lowest BCUT2D eigenvalue weighted by Gasteiger charge is -2.19. The lowest BCUT2D eigenvalue weighted by Crippen LogP contribution is -2.39. The Balaban J connectivity index is 1.72. The van der Waals surface area contributed by atoms with Crippen molar-refractivity contribution in [2.24, 2.45) is 11.7 Å². The second kappa shape index (κ2) is 5.25. The number of anilines is 1. The van der Waals surface area contributed by atoms with Gasteiger partial charge in [-0.25, -0.2) is 0 Å². The maximum absolute atomic E-state index is 12.3. The Kier molecular flexibility index (Phi) is 3.44. The Labute approximate surface area is 117 Å². The summed E-state index contributed by atoms with van der Waals surface area (Å²) in [6.07, 6.45) is 3.60. The standard InChI is InChI=1S/C15H19N3O2/c16-8-11-2-1-3-12(11)18-15(20)10-5-4-9-7-14(19)17-13(9)6-10/h4-6,11-12H,1-3,7-8,16H2,(H,17,19)(H,18,20). The van der Waals surface area contributed by atoms with E-state index in [4.69, 9.17) is 5.73 Å². The quantitative estimate of drug-likeness (QED) is 0.769. The van der Waals surface area contributed by atoms with Gasteiger partial charge in [-0.1, -0.05) is 12.5 Å². The van der Waals surface area contributed by atoms with E-state index in [1.165, 1.54) is 0 Å². The van der Waals surface area contributed by atoms with Gasteiger partial charge in [-0.15, -0.1) is 0 Å². The summed E-state index contributed by atoms with van der Waals surface area (Å²) in [6.45, 7) is 0.616. The topological polar surface area (TPSA) is 84.2 Å². The SMILES string of the molecule is NCC1CCCC1NC(=O)c1ccc2c(c1)NC(=O)C2. The molecule has 0 spiro atoms. The Morgan fingerprint density at radius 2 is 2.25 bits per heavy atom. The van der Waals surface area contributed by atoms with Crippen LogP contribution in [0.5, 0.6) is 0 Å². The molecule has 0 aromatic heterocycles. The normalized spacial score (nSPS) is 24.4. The van der Waals surface area contributed by atoms with Crippen molar-refractivity contribution in [1.29, 1.82) is 0 Å². The first kappa shape index (κ1) is 13.1. The lowest BCUT2D eigenvalue weighted by molar-refractivity contribution is -0.115. The summed E-state index contributed by atoms with van der Waals surface area (Å²) in [7, 11) is 0. The summed E-state index contributed by atoms with van der Waals surface area (Å²) in [6, 6.07) is 5.55. The highest BCUT2D eigenvalue weighted by Gasteiger charge is 2.28. The molecule has 1 fully saturated rings. The van der Waals surface area contributed by atoms with Crippen molar-refractivity contribution in [3.63, 3.8) is 0 Å². The molecule has 4 N–H and O–H groups in total. The molecular weight excluding hydrogens is 254 g/mol. The molecule has 20 heavy (non-hydrogen) atoms. The number of hydrogen-bond acceptors (Lipinski definition) is 3. The third-order valence-electron chi connectivity index (χ3n) is 4.28. The van der Waals surface area contributed by atoms with Gasteiger partial charge in [-0.3, -0.25) is 9.59 Å². The van der Waals surface area contributed by atoms with E-state index in [9.17, 15) is 9.59 Å². The van der Waals surface area contributed by atoms with Crippen LogP contribution < -0.4 is 16.4 Å². The highest BCUT2D eigenvalue weighted by Crippen LogP contribution is 2.26. The van der Waals surface area contributed by atoms with E-state index in [0.717, 1.165) is 30.5 Å². The predicted octanol–water partition coefficient (Wildman–Crippen LogP) is 1.04. The Morgan fingerprint density at radius 1 is 1.40 bits per heavy atom. The van der Waals surface area contributed by atoms with E-state index in [1.807, 2.05) is 6.07 Å². The van der Waals surface area contributed by atoms with Crippen LogP contribution in [0, 0.1) is 5.92 Å². The molecule has 0 bridgehead atoms. The first-order chi connectivity index (χ1) is 9.67. The molecule has 1 heterocycles. The molecule has 5 nitrogen and oxygen atoms in total. The molecule has 2 amide bonds. The maximum Gasteiger partial charge on any atom is 0.251 e. The minimum absolute atomic E-state index is 0.0171. The van der Waals surface area contributed by atoms with Gasteiger partial charge in [0.2, 0.25) is 5.91 Å². The number of carbonyl (C=O) groups excluding carboxylic acids is 2. The lowest BCUT2D eigenvalue weighted by atomic mass is 10.0. The fourth-order valence-electron chi connectivity index (χ4n) is 3.12.